The van der Waals surface area contributed by atoms with E-state index >= 15 is 0 Å². The maximum atomic E-state index is 4.01. The summed E-state index contributed by atoms with van der Waals surface area (Å²) in [5.74, 6) is 6.05. The highest BCUT2D eigenvalue weighted by atomic mass is 32.2. The van der Waals surface area contributed by atoms with Crippen LogP contribution in [0.15, 0.2) is 0 Å². The van der Waals surface area contributed by atoms with Crippen LogP contribution in [-0.4, -0.2) is 23.6 Å². The molecule has 18 heavy (non-hydrogen) atoms. The van der Waals surface area contributed by atoms with E-state index in [1.165, 1.54) is 17.9 Å². The quantitative estimate of drug-likeness (QED) is 0.776. The van der Waals surface area contributed by atoms with Gasteiger partial charge in [0.05, 0.1) is 0 Å². The lowest BCUT2D eigenvalue weighted by molar-refractivity contribution is -0.0706. The van der Waals surface area contributed by atoms with Crippen molar-refractivity contribution in [2.45, 2.75) is 64.0 Å². The largest absolute Gasteiger partial charge is 0.310 e. The van der Waals surface area contributed by atoms with Crippen molar-refractivity contribution in [2.24, 2.45) is 23.2 Å². The van der Waals surface area contributed by atoms with E-state index in [-0.39, 0.29) is 0 Å². The smallest absolute Gasteiger partial charge is 0.0217 e. The van der Waals surface area contributed by atoms with Crippen LogP contribution in [0.5, 0.6) is 0 Å². The summed E-state index contributed by atoms with van der Waals surface area (Å²) in [6.45, 7) is 2.40. The van der Waals surface area contributed by atoms with Crippen molar-refractivity contribution in [2.75, 3.05) is 11.5 Å². The minimum atomic E-state index is 0.709. The number of thioether (sulfide) groups is 1. The topological polar surface area (TPSA) is 12.0 Å². The van der Waals surface area contributed by atoms with Crippen LogP contribution in [-0.2, 0) is 0 Å². The predicted molar refractivity (Wildman–Crippen MR) is 78.9 cm³/mol. The second-order valence-corrected chi connectivity index (χ2v) is 8.91. The molecule has 0 spiro atoms. The van der Waals surface area contributed by atoms with Crippen LogP contribution < -0.4 is 5.32 Å². The molecule has 5 aliphatic rings. The number of hydrogen-bond acceptors (Lipinski definition) is 2. The Hall–Kier alpha value is 0.310. The third kappa shape index (κ3) is 1.95. The summed E-state index contributed by atoms with van der Waals surface area (Å²) in [5.41, 5.74) is 0.709. The van der Waals surface area contributed by atoms with Crippen LogP contribution in [0.2, 0.25) is 0 Å². The van der Waals surface area contributed by atoms with Gasteiger partial charge in [0.15, 0.2) is 0 Å². The molecule has 4 bridgehead atoms. The molecule has 2 heteroatoms. The lowest BCUT2D eigenvalue weighted by atomic mass is 9.48. The molecular formula is C16H27NS. The Morgan fingerprint density at radius 3 is 2.22 bits per heavy atom. The van der Waals surface area contributed by atoms with Gasteiger partial charge in [0.25, 0.3) is 0 Å². The van der Waals surface area contributed by atoms with Gasteiger partial charge in [-0.2, -0.15) is 11.8 Å². The summed E-state index contributed by atoms with van der Waals surface area (Å²) in [7, 11) is 0. The van der Waals surface area contributed by atoms with Gasteiger partial charge in [-0.3, -0.25) is 0 Å². The normalized spacial score (nSPS) is 55.5. The summed E-state index contributed by atoms with van der Waals surface area (Å²) in [6.07, 6.45) is 10.8. The molecule has 2 unspecified atom stereocenters. The second kappa shape index (κ2) is 4.41. The zero-order valence-electron chi connectivity index (χ0n) is 11.7. The molecule has 5 rings (SSSR count). The van der Waals surface area contributed by atoms with Crippen molar-refractivity contribution in [3.05, 3.63) is 0 Å². The van der Waals surface area contributed by atoms with Crippen LogP contribution in [0, 0.1) is 23.2 Å². The number of nitrogens with one attached hydrogen (secondary N) is 1. The van der Waals surface area contributed by atoms with Gasteiger partial charge in [0.2, 0.25) is 0 Å². The fourth-order valence-electron chi connectivity index (χ4n) is 5.89. The molecule has 1 nitrogen and oxygen atoms in total. The van der Waals surface area contributed by atoms with Crippen molar-refractivity contribution in [1.82, 2.24) is 5.32 Å². The minimum Gasteiger partial charge on any atom is -0.310 e. The van der Waals surface area contributed by atoms with Crippen molar-refractivity contribution in [3.8, 4) is 0 Å². The molecule has 4 saturated carbocycles. The molecule has 1 aliphatic heterocycles. The number of rotatable bonds is 1. The van der Waals surface area contributed by atoms with Crippen molar-refractivity contribution < 1.29 is 0 Å². The highest BCUT2D eigenvalue weighted by molar-refractivity contribution is 7.99. The van der Waals surface area contributed by atoms with Gasteiger partial charge in [-0.25, -0.2) is 0 Å². The van der Waals surface area contributed by atoms with Gasteiger partial charge < -0.3 is 5.32 Å². The van der Waals surface area contributed by atoms with Gasteiger partial charge in [-0.15, -0.1) is 0 Å². The maximum Gasteiger partial charge on any atom is 0.0217 e. The summed E-state index contributed by atoms with van der Waals surface area (Å²) >= 11 is 2.21. The average Bonchev–Trinajstić information content (AvgIpc) is 2.52. The third-order valence-electron chi connectivity index (χ3n) is 6.29. The van der Waals surface area contributed by atoms with Crippen LogP contribution in [0.1, 0.15) is 51.9 Å². The predicted octanol–water partition coefficient (Wildman–Crippen LogP) is 3.69. The van der Waals surface area contributed by atoms with Crippen molar-refractivity contribution in [3.63, 3.8) is 0 Å². The van der Waals surface area contributed by atoms with E-state index in [2.05, 4.69) is 24.0 Å². The average molecular weight is 265 g/mol. The zero-order valence-corrected chi connectivity index (χ0v) is 12.5. The Morgan fingerprint density at radius 2 is 1.61 bits per heavy atom. The molecule has 102 valence electrons. The fourth-order valence-corrected chi connectivity index (χ4v) is 7.27. The first-order chi connectivity index (χ1) is 8.73. The molecule has 4 aliphatic carbocycles. The zero-order chi connectivity index (χ0) is 12.2. The van der Waals surface area contributed by atoms with E-state index in [4.69, 9.17) is 0 Å². The fraction of sp³-hybridized carbons (Fsp3) is 1.00. The summed E-state index contributed by atoms with van der Waals surface area (Å²) in [5, 5.41) is 4.01. The van der Waals surface area contributed by atoms with E-state index in [0.717, 1.165) is 29.8 Å². The molecule has 0 aromatic rings. The van der Waals surface area contributed by atoms with E-state index in [1.54, 1.807) is 38.5 Å². The minimum absolute atomic E-state index is 0.709. The van der Waals surface area contributed by atoms with Gasteiger partial charge in [-0.05, 0) is 80.8 Å². The molecule has 1 saturated heterocycles. The molecular weight excluding hydrogens is 238 g/mol. The highest BCUT2D eigenvalue weighted by Crippen LogP contribution is 2.61. The van der Waals surface area contributed by atoms with Crippen LogP contribution in [0.3, 0.4) is 0 Å². The summed E-state index contributed by atoms with van der Waals surface area (Å²) in [4.78, 5) is 0. The monoisotopic (exact) mass is 265 g/mol. The first-order valence-electron chi connectivity index (χ1n) is 8.07. The summed E-state index contributed by atoms with van der Waals surface area (Å²) < 4.78 is 0. The van der Waals surface area contributed by atoms with Gasteiger partial charge >= 0.3 is 0 Å². The third-order valence-corrected chi connectivity index (χ3v) is 7.38. The lowest BCUT2D eigenvalue weighted by Crippen LogP contribution is -2.57. The second-order valence-electron chi connectivity index (χ2n) is 7.76. The Morgan fingerprint density at radius 1 is 1.00 bits per heavy atom. The Labute approximate surface area is 116 Å². The van der Waals surface area contributed by atoms with E-state index < -0.39 is 0 Å². The Kier molecular flexibility index (Phi) is 2.96. The summed E-state index contributed by atoms with van der Waals surface area (Å²) in [6, 6.07) is 1.58. The van der Waals surface area contributed by atoms with Gasteiger partial charge in [-0.1, -0.05) is 0 Å². The van der Waals surface area contributed by atoms with E-state index in [9.17, 15) is 0 Å². The van der Waals surface area contributed by atoms with Crippen molar-refractivity contribution in [1.29, 1.82) is 0 Å². The first-order valence-corrected chi connectivity index (χ1v) is 9.23. The molecule has 1 N–H and O–H groups in total. The van der Waals surface area contributed by atoms with Gasteiger partial charge in [0, 0.05) is 17.8 Å². The first kappa shape index (κ1) is 12.1. The Balaban J connectivity index is 1.58. The van der Waals surface area contributed by atoms with Crippen LogP contribution >= 0.6 is 11.8 Å². The SMILES string of the molecule is CC1CCSCC(C23CC4CC(CC(C4)C2)C3)N1. The van der Waals surface area contributed by atoms with Crippen LogP contribution in [0.25, 0.3) is 0 Å². The Bertz CT molecular complexity index is 292. The van der Waals surface area contributed by atoms with Crippen LogP contribution in [0.4, 0.5) is 0 Å². The highest BCUT2D eigenvalue weighted by Gasteiger charge is 2.54. The molecule has 2 atom stereocenters. The molecule has 0 amide bonds. The maximum absolute atomic E-state index is 4.01. The lowest BCUT2D eigenvalue weighted by Gasteiger charge is -2.59. The van der Waals surface area contributed by atoms with Gasteiger partial charge in [0.1, 0.15) is 0 Å². The molecule has 1 heterocycles. The van der Waals surface area contributed by atoms with E-state index in [1.807, 2.05) is 0 Å². The van der Waals surface area contributed by atoms with Crippen molar-refractivity contribution >= 4 is 11.8 Å². The van der Waals surface area contributed by atoms with E-state index in [0.29, 0.717) is 5.41 Å². The molecule has 0 radical (unpaired) electrons. The number of hydrogen-bond donors (Lipinski definition) is 1. The molecule has 5 fully saturated rings. The standard InChI is InChI=1S/C16H27NS/c1-11-2-3-18-10-15(17-11)16-7-12-4-13(8-16)6-14(5-12)9-16/h11-15,17H,2-10H2,1H3. The molecule has 0 aromatic carbocycles. The molecule has 0 aromatic heterocycles.